The van der Waals surface area contributed by atoms with E-state index < -0.39 is 5.91 Å². The van der Waals surface area contributed by atoms with E-state index in [-0.39, 0.29) is 23.0 Å². The van der Waals surface area contributed by atoms with Crippen molar-refractivity contribution in [3.8, 4) is 17.4 Å². The van der Waals surface area contributed by atoms with Crippen LogP contribution in [0.2, 0.25) is 0 Å². The van der Waals surface area contributed by atoms with E-state index in [0.717, 1.165) is 12.8 Å². The van der Waals surface area contributed by atoms with Crippen LogP contribution in [0.3, 0.4) is 0 Å². The molecule has 0 fully saturated rings. The first-order valence-corrected chi connectivity index (χ1v) is 14.6. The first-order chi connectivity index (χ1) is 21.9. The highest BCUT2D eigenvalue weighted by molar-refractivity contribution is 6.26. The summed E-state index contributed by atoms with van der Waals surface area (Å²) in [5.41, 5.74) is 8.21. The van der Waals surface area contributed by atoms with Crippen LogP contribution in [0.15, 0.2) is 88.7 Å². The van der Waals surface area contributed by atoms with Gasteiger partial charge in [0.25, 0.3) is 5.91 Å². The van der Waals surface area contributed by atoms with Crippen LogP contribution in [0.4, 0.5) is 5.69 Å². The van der Waals surface area contributed by atoms with Crippen molar-refractivity contribution in [1.29, 1.82) is 0 Å². The molecule has 0 radical (unpaired) electrons. The van der Waals surface area contributed by atoms with Crippen molar-refractivity contribution in [2.75, 3.05) is 52.5 Å². The molecular weight excluding hydrogens is 578 g/mol. The fourth-order valence-corrected chi connectivity index (χ4v) is 4.53. The summed E-state index contributed by atoms with van der Waals surface area (Å²) in [5.74, 6) is 0.610. The summed E-state index contributed by atoms with van der Waals surface area (Å²) < 4.78 is 28.1. The minimum absolute atomic E-state index is 0.0978. The zero-order chi connectivity index (χ0) is 32.0. The molecule has 0 spiro atoms. The van der Waals surface area contributed by atoms with Gasteiger partial charge >= 0.3 is 0 Å². The maximum atomic E-state index is 13.4. The second-order valence-electron chi connectivity index (χ2n) is 10.0. The van der Waals surface area contributed by atoms with Crippen LogP contribution in [-0.2, 0) is 14.3 Å². The van der Waals surface area contributed by atoms with E-state index >= 15 is 0 Å². The minimum atomic E-state index is -0.464. The number of hydrogen-bond acceptors (Lipinski definition) is 11. The molecule has 4 rings (SSSR count). The molecule has 0 unspecified atom stereocenters. The highest BCUT2D eigenvalue weighted by Gasteiger charge is 2.23. The van der Waals surface area contributed by atoms with Gasteiger partial charge in [-0.25, -0.2) is 9.97 Å². The molecule has 2 heterocycles. The lowest BCUT2D eigenvalue weighted by molar-refractivity contribution is -0.112. The Morgan fingerprint density at radius 1 is 1.00 bits per heavy atom. The van der Waals surface area contributed by atoms with Gasteiger partial charge in [-0.05, 0) is 56.0 Å². The van der Waals surface area contributed by atoms with Crippen LogP contribution in [0.1, 0.15) is 26.2 Å². The van der Waals surface area contributed by atoms with E-state index in [2.05, 4.69) is 20.3 Å². The maximum Gasteiger partial charge on any atom is 0.261 e. The Morgan fingerprint density at radius 3 is 2.36 bits per heavy atom. The SMILES string of the molecule is COCCOc1cc2ncnc(OC(=C/N)/C(C)=C\C(O)=C(C(=O)Nc3ccccc3)C3=NCCCC3)c2cc1OCCOC. The number of hydrogen-bond donors (Lipinski definition) is 3. The molecule has 0 atom stereocenters. The van der Waals surface area contributed by atoms with Gasteiger partial charge in [0.2, 0.25) is 5.88 Å². The Morgan fingerprint density at radius 2 is 1.71 bits per heavy atom. The molecule has 2 aromatic carbocycles. The van der Waals surface area contributed by atoms with Crippen LogP contribution in [-0.4, -0.2) is 73.9 Å². The van der Waals surface area contributed by atoms with Gasteiger partial charge in [0, 0.05) is 38.7 Å². The highest BCUT2D eigenvalue weighted by atomic mass is 16.5. The predicted octanol–water partition coefficient (Wildman–Crippen LogP) is 4.88. The summed E-state index contributed by atoms with van der Waals surface area (Å²) in [5, 5.41) is 14.7. The molecule has 3 aromatic rings. The zero-order valence-corrected chi connectivity index (χ0v) is 25.7. The number of anilines is 1. The number of nitrogens with two attached hydrogens (primary N) is 1. The number of carbonyl (C=O) groups is 1. The van der Waals surface area contributed by atoms with Crippen molar-refractivity contribution in [3.05, 3.63) is 83.7 Å². The third-order valence-electron chi connectivity index (χ3n) is 6.78. The van der Waals surface area contributed by atoms with Gasteiger partial charge in [0.15, 0.2) is 11.5 Å². The summed E-state index contributed by atoms with van der Waals surface area (Å²) in [6.45, 7) is 3.67. The summed E-state index contributed by atoms with van der Waals surface area (Å²) in [6.07, 6.45) is 6.41. The van der Waals surface area contributed by atoms with Gasteiger partial charge in [-0.3, -0.25) is 9.79 Å². The quantitative estimate of drug-likeness (QED) is 0.0928. The summed E-state index contributed by atoms with van der Waals surface area (Å²) >= 11 is 0. The first kappa shape index (κ1) is 33.0. The lowest BCUT2D eigenvalue weighted by Gasteiger charge is -2.17. The van der Waals surface area contributed by atoms with E-state index in [1.807, 2.05) is 18.2 Å². The normalized spacial score (nSPS) is 14.4. The topological polar surface area (TPSA) is 160 Å². The lowest BCUT2D eigenvalue weighted by Crippen LogP contribution is -2.24. The van der Waals surface area contributed by atoms with Gasteiger partial charge in [0.05, 0.1) is 29.8 Å². The van der Waals surface area contributed by atoms with E-state index in [1.54, 1.807) is 45.4 Å². The Bertz CT molecular complexity index is 1590. The second-order valence-corrected chi connectivity index (χ2v) is 10.0. The van der Waals surface area contributed by atoms with Crippen molar-refractivity contribution in [1.82, 2.24) is 9.97 Å². The number of allylic oxidation sites excluding steroid dienone is 2. The Labute approximate surface area is 262 Å². The van der Waals surface area contributed by atoms with Crippen molar-refractivity contribution >= 4 is 28.2 Å². The monoisotopic (exact) mass is 617 g/mol. The molecule has 238 valence electrons. The van der Waals surface area contributed by atoms with Gasteiger partial charge < -0.3 is 39.8 Å². The average molecular weight is 618 g/mol. The fourth-order valence-electron chi connectivity index (χ4n) is 4.53. The molecule has 4 N–H and O–H groups in total. The number of para-hydroxylation sites is 1. The molecule has 12 nitrogen and oxygen atoms in total. The number of ether oxygens (including phenoxy) is 5. The van der Waals surface area contributed by atoms with Gasteiger partial charge in [-0.1, -0.05) is 18.2 Å². The molecule has 0 aliphatic carbocycles. The summed E-state index contributed by atoms with van der Waals surface area (Å²) in [6, 6.07) is 12.5. The number of aliphatic imine (C=N–C) groups is 1. The van der Waals surface area contributed by atoms with Gasteiger partial charge in [-0.15, -0.1) is 0 Å². The molecule has 45 heavy (non-hydrogen) atoms. The van der Waals surface area contributed by atoms with Crippen LogP contribution in [0, 0.1) is 0 Å². The Balaban J connectivity index is 1.66. The smallest absolute Gasteiger partial charge is 0.261 e. The van der Waals surface area contributed by atoms with E-state index in [9.17, 15) is 9.90 Å². The molecule has 1 aliphatic rings. The van der Waals surface area contributed by atoms with Crippen LogP contribution >= 0.6 is 0 Å². The molecule has 0 saturated carbocycles. The van der Waals surface area contributed by atoms with E-state index in [0.29, 0.717) is 78.8 Å². The number of nitrogens with zero attached hydrogens (tertiary/aromatic N) is 3. The highest BCUT2D eigenvalue weighted by Crippen LogP contribution is 2.36. The maximum absolute atomic E-state index is 13.4. The molecule has 1 amide bonds. The van der Waals surface area contributed by atoms with Crippen molar-refractivity contribution in [3.63, 3.8) is 0 Å². The number of rotatable bonds is 15. The van der Waals surface area contributed by atoms with Gasteiger partial charge in [-0.2, -0.15) is 0 Å². The second kappa shape index (κ2) is 16.8. The standard InChI is InChI=1S/C33H39N5O7/c1-22(17-27(39)31(25-11-7-8-12-35-25)32(40)38-23-9-5-4-6-10-23)30(20-34)45-33-24-18-28(43-15-13-41-2)29(44-16-14-42-3)19-26(24)36-21-37-33/h4-6,9-10,17-21,39H,7-8,11-16,34H2,1-3H3,(H,38,40)/b22-17-,30-20+,31-27?. The molecule has 12 heteroatoms. The number of benzene rings is 2. The molecule has 0 saturated heterocycles. The molecule has 1 aromatic heterocycles. The average Bonchev–Trinajstić information content (AvgIpc) is 3.05. The lowest BCUT2D eigenvalue weighted by atomic mass is 9.99. The number of amides is 1. The van der Waals surface area contributed by atoms with Crippen molar-refractivity contribution in [2.45, 2.75) is 26.2 Å². The third-order valence-corrected chi connectivity index (χ3v) is 6.78. The van der Waals surface area contributed by atoms with Crippen LogP contribution < -0.4 is 25.3 Å². The first-order valence-electron chi connectivity index (χ1n) is 14.6. The van der Waals surface area contributed by atoms with Gasteiger partial charge in [0.1, 0.15) is 36.6 Å². The Kier molecular flexibility index (Phi) is 12.3. The zero-order valence-electron chi connectivity index (χ0n) is 25.7. The predicted molar refractivity (Wildman–Crippen MR) is 172 cm³/mol. The summed E-state index contributed by atoms with van der Waals surface area (Å²) in [4.78, 5) is 26.6. The Hall–Kier alpha value is -4.94. The fraction of sp³-hybridized carbons (Fsp3) is 0.333. The van der Waals surface area contributed by atoms with E-state index in [1.165, 1.54) is 18.6 Å². The molecule has 0 bridgehead atoms. The molecular formula is C33H39N5O7. The molecule has 1 aliphatic heterocycles. The van der Waals surface area contributed by atoms with Crippen LogP contribution in [0.5, 0.6) is 17.4 Å². The third kappa shape index (κ3) is 9.03. The van der Waals surface area contributed by atoms with Crippen LogP contribution in [0.25, 0.3) is 10.9 Å². The van der Waals surface area contributed by atoms with Crippen molar-refractivity contribution in [2.24, 2.45) is 10.7 Å². The summed E-state index contributed by atoms with van der Waals surface area (Å²) in [7, 11) is 3.18. The number of fused-ring (bicyclic) bond motifs is 1. The minimum Gasteiger partial charge on any atom is -0.507 e. The van der Waals surface area contributed by atoms with Crippen molar-refractivity contribution < 1.29 is 33.6 Å². The number of aliphatic hydroxyl groups is 1. The largest absolute Gasteiger partial charge is 0.507 e. The number of aliphatic hydroxyl groups excluding tert-OH is 1. The number of methoxy groups -OCH3 is 2. The number of carbonyl (C=O) groups excluding carboxylic acids is 1. The number of nitrogens with one attached hydrogen (secondary N) is 1. The van der Waals surface area contributed by atoms with E-state index in [4.69, 9.17) is 29.4 Å². The number of aromatic nitrogens is 2.